The van der Waals surface area contributed by atoms with Crippen LogP contribution in [-0.2, 0) is 15.8 Å². The number of amides is 2. The van der Waals surface area contributed by atoms with E-state index in [2.05, 4.69) is 10.4 Å². The molecule has 2 atom stereocenters. The fourth-order valence-electron chi connectivity index (χ4n) is 5.93. The van der Waals surface area contributed by atoms with E-state index in [1.807, 2.05) is 10.9 Å². The van der Waals surface area contributed by atoms with Crippen molar-refractivity contribution in [3.8, 4) is 22.8 Å². The lowest BCUT2D eigenvalue weighted by Crippen LogP contribution is -2.44. The number of pyridine rings is 1. The molecule has 2 aromatic carbocycles. The summed E-state index contributed by atoms with van der Waals surface area (Å²) >= 11 is 12.9. The van der Waals surface area contributed by atoms with Gasteiger partial charge >= 0.3 is 0 Å². The molecule has 4 aromatic rings. The summed E-state index contributed by atoms with van der Waals surface area (Å²) < 4.78 is 13.5. The molecule has 0 saturated heterocycles. The van der Waals surface area contributed by atoms with E-state index in [1.54, 1.807) is 50.4 Å². The Balaban J connectivity index is 1.27. The number of primary amides is 1. The zero-order chi connectivity index (χ0) is 31.0. The van der Waals surface area contributed by atoms with Crippen LogP contribution in [-0.4, -0.2) is 51.9 Å². The minimum Gasteiger partial charge on any atom is -0.494 e. The molecule has 2 aliphatic carbocycles. The number of carbonyl (C=O) groups is 2. The van der Waals surface area contributed by atoms with Gasteiger partial charge in [-0.2, -0.15) is 5.10 Å². The first-order valence-electron chi connectivity index (χ1n) is 14.5. The van der Waals surface area contributed by atoms with Gasteiger partial charge < -0.3 is 25.6 Å². The van der Waals surface area contributed by atoms with Crippen LogP contribution in [0, 0.1) is 5.92 Å². The molecule has 1 aliphatic heterocycles. The lowest BCUT2D eigenvalue weighted by molar-refractivity contribution is -0.123. The molecule has 4 N–H and O–H groups in total. The van der Waals surface area contributed by atoms with Crippen molar-refractivity contribution in [2.24, 2.45) is 11.7 Å². The number of nitrogens with one attached hydrogen (secondary N) is 1. The van der Waals surface area contributed by atoms with Gasteiger partial charge in [0.2, 0.25) is 5.91 Å². The SMILES string of the molecule is COc1cc(C(=O)NC[C@](O)(c2cc3c(c(-c4cc(Cl)ccc4Cl)n2)OC[C@]3(C)C(N)=O)C2CC2)cc2cn(C3CC3)nc12. The zero-order valence-corrected chi connectivity index (χ0v) is 25.7. The van der Waals surface area contributed by atoms with Gasteiger partial charge in [0, 0.05) is 33.3 Å². The van der Waals surface area contributed by atoms with Gasteiger partial charge in [-0.15, -0.1) is 0 Å². The Kier molecular flexibility index (Phi) is 6.80. The summed E-state index contributed by atoms with van der Waals surface area (Å²) in [6.07, 6.45) is 5.57. The number of carbonyl (C=O) groups excluding carboxylic acids is 2. The number of aliphatic hydroxyl groups is 1. The fourth-order valence-corrected chi connectivity index (χ4v) is 6.31. The molecular formula is C32H31Cl2N5O5. The first-order chi connectivity index (χ1) is 21.0. The molecule has 228 valence electrons. The van der Waals surface area contributed by atoms with Crippen molar-refractivity contribution in [3.05, 3.63) is 69.5 Å². The molecule has 12 heteroatoms. The number of aromatic nitrogens is 3. The summed E-state index contributed by atoms with van der Waals surface area (Å²) in [6.45, 7) is 1.58. The van der Waals surface area contributed by atoms with Crippen molar-refractivity contribution >= 4 is 45.9 Å². The monoisotopic (exact) mass is 635 g/mol. The summed E-state index contributed by atoms with van der Waals surface area (Å²) in [5.41, 5.74) is 5.79. The predicted octanol–water partition coefficient (Wildman–Crippen LogP) is 4.91. The van der Waals surface area contributed by atoms with E-state index in [1.165, 1.54) is 0 Å². The molecule has 10 nitrogen and oxygen atoms in total. The number of hydrogen-bond acceptors (Lipinski definition) is 7. The van der Waals surface area contributed by atoms with Gasteiger partial charge in [0.1, 0.15) is 40.3 Å². The predicted molar refractivity (Wildman–Crippen MR) is 165 cm³/mol. The molecule has 3 heterocycles. The minimum absolute atomic E-state index is 0.00815. The summed E-state index contributed by atoms with van der Waals surface area (Å²) in [6, 6.07) is 10.4. The smallest absolute Gasteiger partial charge is 0.251 e. The van der Waals surface area contributed by atoms with Gasteiger partial charge in [0.15, 0.2) is 0 Å². The van der Waals surface area contributed by atoms with Crippen LogP contribution in [0.25, 0.3) is 22.2 Å². The third kappa shape index (κ3) is 4.76. The summed E-state index contributed by atoms with van der Waals surface area (Å²) in [7, 11) is 1.55. The normalized spacial score (nSPS) is 20.6. The Labute approximate surface area is 263 Å². The molecule has 44 heavy (non-hydrogen) atoms. The number of halogens is 2. The number of nitrogens with zero attached hydrogens (tertiary/aromatic N) is 3. The van der Waals surface area contributed by atoms with Gasteiger partial charge in [-0.1, -0.05) is 23.2 Å². The maximum Gasteiger partial charge on any atom is 0.251 e. The van der Waals surface area contributed by atoms with Gasteiger partial charge in [-0.25, -0.2) is 4.98 Å². The maximum absolute atomic E-state index is 13.5. The lowest BCUT2D eigenvalue weighted by Gasteiger charge is -2.30. The average Bonchev–Trinajstić information content (AvgIpc) is 3.95. The zero-order valence-electron chi connectivity index (χ0n) is 24.2. The molecule has 2 amide bonds. The molecule has 0 unspecified atom stereocenters. The molecule has 0 bridgehead atoms. The van der Waals surface area contributed by atoms with E-state index in [4.69, 9.17) is 43.4 Å². The molecule has 2 saturated carbocycles. The van der Waals surface area contributed by atoms with Gasteiger partial charge in [-0.05, 0) is 74.9 Å². The van der Waals surface area contributed by atoms with Crippen LogP contribution in [0.3, 0.4) is 0 Å². The third-order valence-electron chi connectivity index (χ3n) is 9.01. The average molecular weight is 637 g/mol. The number of hydrogen-bond donors (Lipinski definition) is 3. The van der Waals surface area contributed by atoms with Crippen LogP contribution in [0.15, 0.2) is 42.6 Å². The second-order valence-electron chi connectivity index (χ2n) is 12.2. The first-order valence-corrected chi connectivity index (χ1v) is 15.3. The number of nitrogens with two attached hydrogens (primary N) is 1. The summed E-state index contributed by atoms with van der Waals surface area (Å²) in [5.74, 6) is -0.277. The largest absolute Gasteiger partial charge is 0.494 e. The van der Waals surface area contributed by atoms with Crippen LogP contribution in [0.1, 0.15) is 60.3 Å². The number of methoxy groups -OCH3 is 1. The van der Waals surface area contributed by atoms with Crippen molar-refractivity contribution in [1.82, 2.24) is 20.1 Å². The van der Waals surface area contributed by atoms with E-state index < -0.39 is 16.9 Å². The van der Waals surface area contributed by atoms with Crippen molar-refractivity contribution in [3.63, 3.8) is 0 Å². The van der Waals surface area contributed by atoms with Gasteiger partial charge in [-0.3, -0.25) is 14.3 Å². The molecule has 0 spiro atoms. The molecule has 2 fully saturated rings. The number of rotatable bonds is 9. The van der Waals surface area contributed by atoms with E-state index >= 15 is 0 Å². The van der Waals surface area contributed by atoms with Crippen molar-refractivity contribution in [2.75, 3.05) is 20.3 Å². The van der Waals surface area contributed by atoms with Crippen LogP contribution >= 0.6 is 23.2 Å². The van der Waals surface area contributed by atoms with Crippen molar-refractivity contribution in [1.29, 1.82) is 0 Å². The number of fused-ring (bicyclic) bond motifs is 2. The Morgan fingerprint density at radius 2 is 1.98 bits per heavy atom. The quantitative estimate of drug-likeness (QED) is 0.237. The standard InChI is InChI=1S/C32H31Cl2N5O5/c1-31(30(35)41)15-44-28-22(31)12-25(37-27(28)21-11-19(33)5-8-23(21)34)32(42,18-3-4-18)14-36-29(40)16-9-17-13-39(20-6-7-20)38-26(17)24(10-16)43-2/h5,8-13,18,20,42H,3-4,6-7,14-15H2,1-2H3,(H2,35,41)(H,36,40)/t31-,32+/m0/s1. The highest BCUT2D eigenvalue weighted by molar-refractivity contribution is 6.35. The van der Waals surface area contributed by atoms with Crippen LogP contribution in [0.5, 0.6) is 11.5 Å². The molecule has 7 rings (SSSR count). The summed E-state index contributed by atoms with van der Waals surface area (Å²) in [5, 5.41) is 21.4. The Bertz CT molecular complexity index is 1850. The molecular weight excluding hydrogens is 605 g/mol. The fraction of sp³-hybridized carbons (Fsp3) is 0.375. The van der Waals surface area contributed by atoms with Gasteiger partial charge in [0.25, 0.3) is 5.91 Å². The van der Waals surface area contributed by atoms with Gasteiger partial charge in [0.05, 0.1) is 30.4 Å². The third-order valence-corrected chi connectivity index (χ3v) is 9.57. The Hall–Kier alpha value is -3.86. The maximum atomic E-state index is 13.5. The molecule has 0 radical (unpaired) electrons. The number of benzene rings is 2. The van der Waals surface area contributed by atoms with E-state index in [0.717, 1.165) is 31.1 Å². The van der Waals surface area contributed by atoms with E-state index in [0.29, 0.717) is 55.5 Å². The second kappa shape index (κ2) is 10.4. The Morgan fingerprint density at radius 1 is 1.20 bits per heavy atom. The molecule has 2 aromatic heterocycles. The van der Waals surface area contributed by atoms with E-state index in [-0.39, 0.29) is 30.7 Å². The topological polar surface area (TPSA) is 142 Å². The highest BCUT2D eigenvalue weighted by Gasteiger charge is 2.50. The number of ether oxygens (including phenoxy) is 2. The highest BCUT2D eigenvalue weighted by atomic mass is 35.5. The minimum atomic E-state index is -1.56. The van der Waals surface area contributed by atoms with E-state index in [9.17, 15) is 14.7 Å². The Morgan fingerprint density at radius 3 is 2.66 bits per heavy atom. The van der Waals surface area contributed by atoms with Crippen molar-refractivity contribution < 1.29 is 24.2 Å². The van der Waals surface area contributed by atoms with Crippen LogP contribution in [0.4, 0.5) is 0 Å². The second-order valence-corrected chi connectivity index (χ2v) is 13.0. The highest BCUT2D eigenvalue weighted by Crippen LogP contribution is 2.50. The molecule has 3 aliphatic rings. The van der Waals surface area contributed by atoms with Crippen molar-refractivity contribution in [2.45, 2.75) is 49.7 Å². The van der Waals surface area contributed by atoms with Crippen LogP contribution in [0.2, 0.25) is 10.0 Å². The summed E-state index contributed by atoms with van der Waals surface area (Å²) in [4.78, 5) is 31.1. The first kappa shape index (κ1) is 28.9. The van der Waals surface area contributed by atoms with Crippen LogP contribution < -0.4 is 20.5 Å². The lowest BCUT2D eigenvalue weighted by atomic mass is 9.81.